The van der Waals surface area contributed by atoms with Crippen molar-refractivity contribution >= 4 is 5.91 Å². The van der Waals surface area contributed by atoms with E-state index in [-0.39, 0.29) is 5.91 Å². The first-order valence-corrected chi connectivity index (χ1v) is 6.09. The fourth-order valence-electron chi connectivity index (χ4n) is 1.74. The van der Waals surface area contributed by atoms with Gasteiger partial charge in [0.25, 0.3) is 5.91 Å². The molecule has 0 unspecified atom stereocenters. The highest BCUT2D eigenvalue weighted by Crippen LogP contribution is 2.18. The van der Waals surface area contributed by atoms with E-state index in [4.69, 9.17) is 9.26 Å². The van der Waals surface area contributed by atoms with Gasteiger partial charge in [0.15, 0.2) is 0 Å². The molecule has 20 heavy (non-hydrogen) atoms. The van der Waals surface area contributed by atoms with Crippen LogP contribution >= 0.6 is 0 Å². The third-order valence-corrected chi connectivity index (χ3v) is 2.86. The maximum Gasteiger partial charge on any atom is 0.274 e. The van der Waals surface area contributed by atoms with Crippen LogP contribution in [-0.4, -0.2) is 18.2 Å². The van der Waals surface area contributed by atoms with Crippen LogP contribution in [0.5, 0.6) is 5.75 Å². The zero-order valence-electron chi connectivity index (χ0n) is 11.6. The molecule has 0 radical (unpaired) electrons. The molecule has 0 spiro atoms. The van der Waals surface area contributed by atoms with Gasteiger partial charge in [-0.15, -0.1) is 0 Å². The topological polar surface area (TPSA) is 73.6 Å². The number of hydroxylamine groups is 1. The zero-order chi connectivity index (χ0) is 14.5. The summed E-state index contributed by atoms with van der Waals surface area (Å²) in [5.41, 5.74) is 4.43. The lowest BCUT2D eigenvalue weighted by Gasteiger charge is -2.07. The summed E-state index contributed by atoms with van der Waals surface area (Å²) in [6, 6.07) is 6.85. The van der Waals surface area contributed by atoms with Gasteiger partial charge in [0.1, 0.15) is 18.1 Å². The van der Waals surface area contributed by atoms with Crippen LogP contribution in [0.1, 0.15) is 27.4 Å². The van der Waals surface area contributed by atoms with Crippen LogP contribution in [0, 0.1) is 13.8 Å². The molecule has 0 atom stereocenters. The van der Waals surface area contributed by atoms with Crippen molar-refractivity contribution in [3.8, 4) is 5.75 Å². The molecule has 0 aliphatic carbocycles. The molecule has 6 nitrogen and oxygen atoms in total. The maximum atomic E-state index is 11.6. The van der Waals surface area contributed by atoms with E-state index < -0.39 is 0 Å². The summed E-state index contributed by atoms with van der Waals surface area (Å²) in [6.07, 6.45) is 0. The summed E-state index contributed by atoms with van der Waals surface area (Å²) in [6.45, 7) is 4.04. The molecular formula is C14H16N2O4. The Morgan fingerprint density at radius 2 is 2.20 bits per heavy atom. The minimum absolute atomic E-state index is 0.324. The molecule has 1 heterocycles. The largest absolute Gasteiger partial charge is 0.489 e. The number of nitrogens with zero attached hydrogens (tertiary/aromatic N) is 1. The molecule has 0 fully saturated rings. The Bertz CT molecular complexity index is 587. The van der Waals surface area contributed by atoms with Crippen molar-refractivity contribution in [3.63, 3.8) is 0 Å². The van der Waals surface area contributed by atoms with E-state index in [0.717, 1.165) is 17.0 Å². The number of rotatable bonds is 5. The Morgan fingerprint density at radius 1 is 1.40 bits per heavy atom. The summed E-state index contributed by atoms with van der Waals surface area (Å²) in [4.78, 5) is 16.2. The second-order valence-corrected chi connectivity index (χ2v) is 4.25. The van der Waals surface area contributed by atoms with Gasteiger partial charge in [-0.2, -0.15) is 0 Å². The van der Waals surface area contributed by atoms with Crippen LogP contribution in [-0.2, 0) is 11.4 Å². The van der Waals surface area contributed by atoms with Gasteiger partial charge >= 0.3 is 0 Å². The highest BCUT2D eigenvalue weighted by molar-refractivity contribution is 5.93. The summed E-state index contributed by atoms with van der Waals surface area (Å²) in [5, 5.41) is 3.86. The second kappa shape index (κ2) is 6.21. The van der Waals surface area contributed by atoms with Crippen LogP contribution in [0.25, 0.3) is 0 Å². The van der Waals surface area contributed by atoms with Crippen molar-refractivity contribution in [2.24, 2.45) is 0 Å². The summed E-state index contributed by atoms with van der Waals surface area (Å²) < 4.78 is 10.7. The lowest BCUT2D eigenvalue weighted by molar-refractivity contribution is 0.0537. The number of benzene rings is 1. The van der Waals surface area contributed by atoms with Gasteiger partial charge in [0.05, 0.1) is 18.4 Å². The van der Waals surface area contributed by atoms with Gasteiger partial charge < -0.3 is 9.26 Å². The molecule has 0 saturated heterocycles. The van der Waals surface area contributed by atoms with Crippen molar-refractivity contribution in [2.45, 2.75) is 20.5 Å². The van der Waals surface area contributed by atoms with Gasteiger partial charge in [-0.1, -0.05) is 11.2 Å². The summed E-state index contributed by atoms with van der Waals surface area (Å²) >= 11 is 0. The van der Waals surface area contributed by atoms with E-state index in [1.807, 2.05) is 13.8 Å². The zero-order valence-corrected chi connectivity index (χ0v) is 11.6. The van der Waals surface area contributed by atoms with Gasteiger partial charge in [-0.05, 0) is 32.0 Å². The lowest BCUT2D eigenvalue weighted by Crippen LogP contribution is -2.21. The normalized spacial score (nSPS) is 10.3. The summed E-state index contributed by atoms with van der Waals surface area (Å²) in [5.74, 6) is 1.000. The van der Waals surface area contributed by atoms with E-state index >= 15 is 0 Å². The number of amides is 1. The SMILES string of the molecule is CONC(=O)c1cccc(OCc2c(C)noc2C)c1. The van der Waals surface area contributed by atoms with Crippen LogP contribution in [0.3, 0.4) is 0 Å². The van der Waals surface area contributed by atoms with E-state index in [9.17, 15) is 4.79 Å². The van der Waals surface area contributed by atoms with E-state index in [0.29, 0.717) is 17.9 Å². The number of hydrogen-bond acceptors (Lipinski definition) is 5. The van der Waals surface area contributed by atoms with Crippen molar-refractivity contribution in [1.29, 1.82) is 0 Å². The summed E-state index contributed by atoms with van der Waals surface area (Å²) in [7, 11) is 1.38. The Hall–Kier alpha value is -2.34. The number of ether oxygens (including phenoxy) is 1. The number of carbonyl (C=O) groups excluding carboxylic acids is 1. The monoisotopic (exact) mass is 276 g/mol. The van der Waals surface area contributed by atoms with Crippen molar-refractivity contribution in [1.82, 2.24) is 10.6 Å². The predicted octanol–water partition coefficient (Wildman–Crippen LogP) is 2.16. The van der Waals surface area contributed by atoms with Crippen LogP contribution in [0.2, 0.25) is 0 Å². The first kappa shape index (κ1) is 14.1. The molecule has 2 rings (SSSR count). The van der Waals surface area contributed by atoms with Crippen molar-refractivity contribution < 1.29 is 18.9 Å². The smallest absolute Gasteiger partial charge is 0.274 e. The number of carbonyl (C=O) groups is 1. The Kier molecular flexibility index (Phi) is 4.37. The third kappa shape index (κ3) is 3.16. The average Bonchev–Trinajstić information content (AvgIpc) is 2.76. The van der Waals surface area contributed by atoms with Gasteiger partial charge in [0.2, 0.25) is 0 Å². The maximum absolute atomic E-state index is 11.6. The first-order valence-electron chi connectivity index (χ1n) is 6.09. The fraction of sp³-hybridized carbons (Fsp3) is 0.286. The highest BCUT2D eigenvalue weighted by atomic mass is 16.6. The minimum Gasteiger partial charge on any atom is -0.489 e. The van der Waals surface area contributed by atoms with Gasteiger partial charge in [0, 0.05) is 5.56 Å². The molecule has 0 bridgehead atoms. The van der Waals surface area contributed by atoms with E-state index in [2.05, 4.69) is 15.5 Å². The number of hydrogen-bond donors (Lipinski definition) is 1. The molecule has 106 valence electrons. The number of nitrogens with one attached hydrogen (secondary N) is 1. The average molecular weight is 276 g/mol. The fourth-order valence-corrected chi connectivity index (χ4v) is 1.74. The van der Waals surface area contributed by atoms with Crippen molar-refractivity contribution in [3.05, 3.63) is 46.8 Å². The molecule has 0 saturated carbocycles. The van der Waals surface area contributed by atoms with Crippen LogP contribution in [0.4, 0.5) is 0 Å². The molecule has 0 aliphatic heterocycles. The molecule has 1 aromatic carbocycles. The molecule has 2 aromatic rings. The molecule has 1 N–H and O–H groups in total. The lowest BCUT2D eigenvalue weighted by atomic mass is 10.2. The van der Waals surface area contributed by atoms with Gasteiger partial charge in [-0.25, -0.2) is 5.48 Å². The van der Waals surface area contributed by atoms with Crippen molar-refractivity contribution in [2.75, 3.05) is 7.11 Å². The first-order chi connectivity index (χ1) is 9.61. The molecule has 1 amide bonds. The third-order valence-electron chi connectivity index (χ3n) is 2.86. The van der Waals surface area contributed by atoms with Crippen LogP contribution < -0.4 is 10.2 Å². The number of aromatic nitrogens is 1. The van der Waals surface area contributed by atoms with Crippen LogP contribution in [0.15, 0.2) is 28.8 Å². The van der Waals surface area contributed by atoms with E-state index in [1.54, 1.807) is 24.3 Å². The molecule has 1 aromatic heterocycles. The predicted molar refractivity (Wildman–Crippen MR) is 71.2 cm³/mol. The molecular weight excluding hydrogens is 260 g/mol. The Labute approximate surface area is 116 Å². The quantitative estimate of drug-likeness (QED) is 0.847. The highest BCUT2D eigenvalue weighted by Gasteiger charge is 2.10. The number of aryl methyl sites for hydroxylation is 2. The Balaban J connectivity index is 2.07. The van der Waals surface area contributed by atoms with Gasteiger partial charge in [-0.3, -0.25) is 9.63 Å². The molecule has 6 heteroatoms. The molecule has 0 aliphatic rings. The Morgan fingerprint density at radius 3 is 2.85 bits per heavy atom. The van der Waals surface area contributed by atoms with E-state index in [1.165, 1.54) is 7.11 Å². The second-order valence-electron chi connectivity index (χ2n) is 4.25. The minimum atomic E-state index is -0.324. The standard InChI is InChI=1S/C14H16N2O4/c1-9-13(10(2)20-15-9)8-19-12-6-4-5-11(7-12)14(17)16-18-3/h4-7H,8H2,1-3H3,(H,16,17).